The number of nitrogens with zero attached hydrogens (tertiary/aromatic N) is 5. The van der Waals surface area contributed by atoms with Crippen LogP contribution in [0.15, 0.2) is 6.07 Å². The normalized spacial score (nSPS) is 21.2. The maximum atomic E-state index is 15.4. The molecule has 0 amide bonds. The van der Waals surface area contributed by atoms with Crippen molar-refractivity contribution in [1.29, 1.82) is 0 Å². The summed E-state index contributed by atoms with van der Waals surface area (Å²) in [6, 6.07) is 2.50. The molecule has 9 heteroatoms. The standard InChI is InChI=1S/C21H30FN7O/c1-2-17-23-20(24-18-11-16(26-27-18)14-5-3-4-6-14)19(22)21(25-17)29-9-7-28(8-10-29)15-12-30-13-15/h11,14-15H,2-10,12-13H2,1H3,(H2,23,24,25,26,27). The topological polar surface area (TPSA) is 82.2 Å². The van der Waals surface area contributed by atoms with E-state index in [1.807, 2.05) is 17.9 Å². The molecule has 0 atom stereocenters. The molecule has 0 radical (unpaired) electrons. The Bertz CT molecular complexity index is 870. The van der Waals surface area contributed by atoms with Gasteiger partial charge in [-0.15, -0.1) is 0 Å². The minimum absolute atomic E-state index is 0.205. The fraction of sp³-hybridized carbons (Fsp3) is 0.667. The molecule has 2 aromatic heterocycles. The number of H-pyrrole nitrogens is 1. The van der Waals surface area contributed by atoms with Crippen LogP contribution in [0.25, 0.3) is 0 Å². The third-order valence-electron chi connectivity index (χ3n) is 6.59. The van der Waals surface area contributed by atoms with Gasteiger partial charge in [-0.3, -0.25) is 10.00 Å². The Morgan fingerprint density at radius 1 is 1.17 bits per heavy atom. The van der Waals surface area contributed by atoms with Crippen molar-refractivity contribution in [2.24, 2.45) is 0 Å². The van der Waals surface area contributed by atoms with E-state index in [4.69, 9.17) is 4.74 Å². The zero-order valence-electron chi connectivity index (χ0n) is 17.5. The van der Waals surface area contributed by atoms with Gasteiger partial charge in [-0.2, -0.15) is 9.49 Å². The summed E-state index contributed by atoms with van der Waals surface area (Å²) in [5.74, 6) is 1.96. The molecule has 0 aromatic carbocycles. The lowest BCUT2D eigenvalue weighted by Crippen LogP contribution is -2.56. The lowest BCUT2D eigenvalue weighted by molar-refractivity contribution is -0.0661. The Labute approximate surface area is 176 Å². The number of ether oxygens (including phenoxy) is 1. The van der Waals surface area contributed by atoms with E-state index in [2.05, 4.69) is 30.4 Å². The summed E-state index contributed by atoms with van der Waals surface area (Å²) in [4.78, 5) is 13.4. The van der Waals surface area contributed by atoms with Crippen LogP contribution in [0.3, 0.4) is 0 Å². The van der Waals surface area contributed by atoms with Crippen molar-refractivity contribution in [1.82, 2.24) is 25.1 Å². The number of aryl methyl sites for hydroxylation is 1. The highest BCUT2D eigenvalue weighted by Gasteiger charge is 2.31. The van der Waals surface area contributed by atoms with Crippen molar-refractivity contribution in [3.63, 3.8) is 0 Å². The number of anilines is 3. The first-order valence-electron chi connectivity index (χ1n) is 11.2. The summed E-state index contributed by atoms with van der Waals surface area (Å²) in [6.07, 6.45) is 5.54. The monoisotopic (exact) mass is 415 g/mol. The Kier molecular flexibility index (Phi) is 5.56. The van der Waals surface area contributed by atoms with Crippen LogP contribution in [-0.2, 0) is 11.2 Å². The van der Waals surface area contributed by atoms with Crippen molar-refractivity contribution in [3.8, 4) is 0 Å². The van der Waals surface area contributed by atoms with E-state index in [0.29, 0.717) is 35.8 Å². The maximum Gasteiger partial charge on any atom is 0.208 e. The molecule has 1 aliphatic carbocycles. The van der Waals surface area contributed by atoms with E-state index in [9.17, 15) is 0 Å². The van der Waals surface area contributed by atoms with Gasteiger partial charge < -0.3 is 15.0 Å². The van der Waals surface area contributed by atoms with Crippen LogP contribution >= 0.6 is 0 Å². The van der Waals surface area contributed by atoms with Crippen LogP contribution in [0, 0.1) is 5.82 Å². The van der Waals surface area contributed by atoms with Gasteiger partial charge in [-0.1, -0.05) is 19.8 Å². The van der Waals surface area contributed by atoms with E-state index in [-0.39, 0.29) is 5.82 Å². The van der Waals surface area contributed by atoms with Gasteiger partial charge in [0, 0.05) is 50.3 Å². The highest BCUT2D eigenvalue weighted by Crippen LogP contribution is 2.34. The van der Waals surface area contributed by atoms with Crippen LogP contribution in [-0.4, -0.2) is 70.5 Å². The maximum absolute atomic E-state index is 15.4. The lowest BCUT2D eigenvalue weighted by Gasteiger charge is -2.42. The molecule has 2 aromatic rings. The Balaban J connectivity index is 1.33. The van der Waals surface area contributed by atoms with E-state index >= 15 is 4.39 Å². The predicted octanol–water partition coefficient (Wildman–Crippen LogP) is 2.82. The zero-order chi connectivity index (χ0) is 20.5. The largest absolute Gasteiger partial charge is 0.378 e. The first kappa shape index (κ1) is 19.7. The van der Waals surface area contributed by atoms with Gasteiger partial charge in [-0.05, 0) is 12.8 Å². The van der Waals surface area contributed by atoms with Crippen LogP contribution < -0.4 is 10.2 Å². The number of nitrogens with one attached hydrogen (secondary N) is 2. The van der Waals surface area contributed by atoms with Gasteiger partial charge in [0.05, 0.1) is 19.3 Å². The molecule has 30 heavy (non-hydrogen) atoms. The summed E-state index contributed by atoms with van der Waals surface area (Å²) in [6.45, 7) is 6.90. The quantitative estimate of drug-likeness (QED) is 0.751. The zero-order valence-corrected chi connectivity index (χ0v) is 17.5. The van der Waals surface area contributed by atoms with Crippen molar-refractivity contribution < 1.29 is 9.13 Å². The van der Waals surface area contributed by atoms with Crippen molar-refractivity contribution in [2.45, 2.75) is 51.0 Å². The molecule has 3 fully saturated rings. The number of aromatic amines is 1. The van der Waals surface area contributed by atoms with Gasteiger partial charge in [0.15, 0.2) is 17.5 Å². The molecule has 0 spiro atoms. The van der Waals surface area contributed by atoms with Gasteiger partial charge in [0.25, 0.3) is 0 Å². The molecular formula is C21H30FN7O. The second-order valence-electron chi connectivity index (χ2n) is 8.51. The van der Waals surface area contributed by atoms with E-state index in [1.165, 1.54) is 25.7 Å². The first-order valence-corrected chi connectivity index (χ1v) is 11.2. The minimum atomic E-state index is -0.405. The molecule has 2 aliphatic heterocycles. The molecule has 162 valence electrons. The molecule has 0 bridgehead atoms. The number of piperazine rings is 1. The molecular weight excluding hydrogens is 385 g/mol. The van der Waals surface area contributed by atoms with Gasteiger partial charge in [-0.25, -0.2) is 9.97 Å². The Morgan fingerprint density at radius 3 is 2.60 bits per heavy atom. The number of rotatable bonds is 6. The minimum Gasteiger partial charge on any atom is -0.378 e. The summed E-state index contributed by atoms with van der Waals surface area (Å²) < 4.78 is 20.7. The van der Waals surface area contributed by atoms with Crippen LogP contribution in [0.4, 0.5) is 21.8 Å². The average molecular weight is 416 g/mol. The second kappa shape index (κ2) is 8.47. The fourth-order valence-electron chi connectivity index (χ4n) is 4.63. The van der Waals surface area contributed by atoms with E-state index in [0.717, 1.165) is 45.1 Å². The van der Waals surface area contributed by atoms with Gasteiger partial charge in [0.2, 0.25) is 5.82 Å². The molecule has 0 unspecified atom stereocenters. The molecule has 3 aliphatic rings. The fourth-order valence-corrected chi connectivity index (χ4v) is 4.63. The van der Waals surface area contributed by atoms with Crippen LogP contribution in [0.5, 0.6) is 0 Å². The van der Waals surface area contributed by atoms with Crippen molar-refractivity contribution in [2.75, 3.05) is 49.6 Å². The number of hydrogen-bond donors (Lipinski definition) is 2. The lowest BCUT2D eigenvalue weighted by atomic mass is 10.0. The van der Waals surface area contributed by atoms with Gasteiger partial charge in [0.1, 0.15) is 5.82 Å². The highest BCUT2D eigenvalue weighted by molar-refractivity contribution is 5.59. The SMILES string of the molecule is CCc1nc(Nc2cc(C3CCCC3)[nH]n2)c(F)c(N2CCN(C3COC3)CC2)n1. The number of halogens is 1. The first-order chi connectivity index (χ1) is 14.7. The summed E-state index contributed by atoms with van der Waals surface area (Å²) >= 11 is 0. The van der Waals surface area contributed by atoms with E-state index in [1.54, 1.807) is 0 Å². The summed E-state index contributed by atoms with van der Waals surface area (Å²) in [5.41, 5.74) is 1.12. The smallest absolute Gasteiger partial charge is 0.208 e. The Morgan fingerprint density at radius 2 is 1.93 bits per heavy atom. The Hall–Kier alpha value is -2.26. The predicted molar refractivity (Wildman–Crippen MR) is 113 cm³/mol. The molecule has 2 N–H and O–H groups in total. The molecule has 2 saturated heterocycles. The molecule has 8 nitrogen and oxygen atoms in total. The summed E-state index contributed by atoms with van der Waals surface area (Å²) in [7, 11) is 0. The number of hydrogen-bond acceptors (Lipinski definition) is 7. The van der Waals surface area contributed by atoms with Crippen LogP contribution in [0.1, 0.15) is 50.0 Å². The molecule has 4 heterocycles. The third-order valence-corrected chi connectivity index (χ3v) is 6.59. The average Bonchev–Trinajstić information content (AvgIpc) is 3.41. The van der Waals surface area contributed by atoms with Crippen molar-refractivity contribution in [3.05, 3.63) is 23.4 Å². The second-order valence-corrected chi connectivity index (χ2v) is 8.51. The van der Waals surface area contributed by atoms with E-state index < -0.39 is 5.82 Å². The highest BCUT2D eigenvalue weighted by atomic mass is 19.1. The summed E-state index contributed by atoms with van der Waals surface area (Å²) in [5, 5.41) is 10.6. The van der Waals surface area contributed by atoms with Crippen LogP contribution in [0.2, 0.25) is 0 Å². The number of aromatic nitrogens is 4. The molecule has 5 rings (SSSR count). The van der Waals surface area contributed by atoms with Crippen molar-refractivity contribution >= 4 is 17.5 Å². The third kappa shape index (κ3) is 3.88. The molecule has 1 saturated carbocycles. The van der Waals surface area contributed by atoms with Gasteiger partial charge >= 0.3 is 0 Å².